The summed E-state index contributed by atoms with van der Waals surface area (Å²) in [5.74, 6) is 0.317. The number of rotatable bonds is 1. The third-order valence-electron chi connectivity index (χ3n) is 4.83. The molecule has 0 bridgehead atoms. The Kier molecular flexibility index (Phi) is 3.76. The van der Waals surface area contributed by atoms with Gasteiger partial charge >= 0.3 is 0 Å². The molecule has 1 aliphatic heterocycles. The van der Waals surface area contributed by atoms with E-state index >= 15 is 0 Å². The van der Waals surface area contributed by atoms with Crippen LogP contribution in [0.25, 0.3) is 0 Å². The summed E-state index contributed by atoms with van der Waals surface area (Å²) in [6, 6.07) is 0.458. The molecule has 3 heteroatoms. The average molecular weight is 238 g/mol. The molecule has 1 heterocycles. The third kappa shape index (κ3) is 2.35. The highest BCUT2D eigenvalue weighted by Crippen LogP contribution is 2.39. The second kappa shape index (κ2) is 4.97. The highest BCUT2D eigenvalue weighted by Gasteiger charge is 2.45. The monoisotopic (exact) mass is 238 g/mol. The second-order valence-corrected chi connectivity index (χ2v) is 6.11. The summed E-state index contributed by atoms with van der Waals surface area (Å²) in [7, 11) is 0. The van der Waals surface area contributed by atoms with Crippen molar-refractivity contribution in [3.05, 3.63) is 0 Å². The Bertz CT molecular complexity index is 292. The zero-order chi connectivity index (χ0) is 12.5. The SMILES string of the molecule is CC1CCCCCN1C(=O)C1(C)CCCC1N. The largest absolute Gasteiger partial charge is 0.339 e. The minimum atomic E-state index is -0.293. The normalized spacial score (nSPS) is 39.1. The molecule has 2 rings (SSSR count). The van der Waals surface area contributed by atoms with E-state index in [9.17, 15) is 4.79 Å². The molecule has 2 aliphatic rings. The van der Waals surface area contributed by atoms with Gasteiger partial charge in [0, 0.05) is 18.6 Å². The van der Waals surface area contributed by atoms with Crippen LogP contribution < -0.4 is 5.73 Å². The number of carbonyl (C=O) groups excluding carboxylic acids is 1. The van der Waals surface area contributed by atoms with Crippen LogP contribution in [0.5, 0.6) is 0 Å². The van der Waals surface area contributed by atoms with Gasteiger partial charge in [0.1, 0.15) is 0 Å². The van der Waals surface area contributed by atoms with E-state index in [-0.39, 0.29) is 11.5 Å². The molecule has 98 valence electrons. The molecule has 1 saturated carbocycles. The molecule has 2 fully saturated rings. The average Bonchev–Trinajstić information content (AvgIpc) is 2.52. The van der Waals surface area contributed by atoms with Crippen LogP contribution in [0.1, 0.15) is 58.8 Å². The van der Waals surface area contributed by atoms with Gasteiger partial charge in [0.15, 0.2) is 0 Å². The zero-order valence-electron chi connectivity index (χ0n) is 11.2. The van der Waals surface area contributed by atoms with Crippen molar-refractivity contribution in [2.45, 2.75) is 70.9 Å². The summed E-state index contributed by atoms with van der Waals surface area (Å²) >= 11 is 0. The second-order valence-electron chi connectivity index (χ2n) is 6.11. The van der Waals surface area contributed by atoms with Crippen molar-refractivity contribution in [2.24, 2.45) is 11.1 Å². The lowest BCUT2D eigenvalue weighted by Crippen LogP contribution is -2.51. The van der Waals surface area contributed by atoms with Crippen molar-refractivity contribution in [3.63, 3.8) is 0 Å². The molecule has 0 aromatic heterocycles. The fraction of sp³-hybridized carbons (Fsp3) is 0.929. The fourth-order valence-corrected chi connectivity index (χ4v) is 3.36. The lowest BCUT2D eigenvalue weighted by atomic mass is 9.83. The first-order chi connectivity index (χ1) is 8.05. The van der Waals surface area contributed by atoms with Gasteiger partial charge in [-0.25, -0.2) is 0 Å². The molecular formula is C14H26N2O. The first-order valence-electron chi connectivity index (χ1n) is 7.12. The van der Waals surface area contributed by atoms with Gasteiger partial charge in [-0.2, -0.15) is 0 Å². The predicted molar refractivity (Wildman–Crippen MR) is 69.6 cm³/mol. The number of nitrogens with two attached hydrogens (primary N) is 1. The van der Waals surface area contributed by atoms with Gasteiger partial charge in [0.25, 0.3) is 0 Å². The lowest BCUT2D eigenvalue weighted by Gasteiger charge is -2.37. The van der Waals surface area contributed by atoms with Crippen molar-refractivity contribution >= 4 is 5.91 Å². The molecule has 3 unspecified atom stereocenters. The van der Waals surface area contributed by atoms with E-state index in [4.69, 9.17) is 5.73 Å². The zero-order valence-corrected chi connectivity index (χ0v) is 11.2. The molecule has 1 aliphatic carbocycles. The number of likely N-dealkylation sites (tertiary alicyclic amines) is 1. The third-order valence-corrected chi connectivity index (χ3v) is 4.83. The molecule has 0 radical (unpaired) electrons. The van der Waals surface area contributed by atoms with Crippen LogP contribution in [0.4, 0.5) is 0 Å². The van der Waals surface area contributed by atoms with Crippen LogP contribution in [0, 0.1) is 5.41 Å². The Morgan fingerprint density at radius 1 is 1.24 bits per heavy atom. The summed E-state index contributed by atoms with van der Waals surface area (Å²) in [5, 5.41) is 0. The number of amides is 1. The number of hydrogen-bond acceptors (Lipinski definition) is 2. The molecule has 1 saturated heterocycles. The Balaban J connectivity index is 2.12. The predicted octanol–water partition coefficient (Wildman–Crippen LogP) is 2.29. The van der Waals surface area contributed by atoms with Crippen molar-refractivity contribution < 1.29 is 4.79 Å². The topological polar surface area (TPSA) is 46.3 Å². The highest BCUT2D eigenvalue weighted by molar-refractivity contribution is 5.83. The van der Waals surface area contributed by atoms with Crippen LogP contribution in [-0.2, 0) is 4.79 Å². The van der Waals surface area contributed by atoms with E-state index in [0.29, 0.717) is 11.9 Å². The van der Waals surface area contributed by atoms with Crippen molar-refractivity contribution in [1.82, 2.24) is 4.90 Å². The maximum Gasteiger partial charge on any atom is 0.230 e. The summed E-state index contributed by atoms with van der Waals surface area (Å²) in [5.41, 5.74) is 5.86. The molecular weight excluding hydrogens is 212 g/mol. The van der Waals surface area contributed by atoms with E-state index in [2.05, 4.69) is 18.7 Å². The minimum absolute atomic E-state index is 0.0606. The molecule has 3 atom stereocenters. The van der Waals surface area contributed by atoms with Gasteiger partial charge in [-0.05, 0) is 39.5 Å². The Labute approximate surface area is 105 Å². The van der Waals surface area contributed by atoms with Gasteiger partial charge < -0.3 is 10.6 Å². The smallest absolute Gasteiger partial charge is 0.230 e. The van der Waals surface area contributed by atoms with E-state index in [1.165, 1.54) is 12.8 Å². The van der Waals surface area contributed by atoms with Crippen LogP contribution in [-0.4, -0.2) is 29.4 Å². The Morgan fingerprint density at radius 3 is 2.65 bits per heavy atom. The molecule has 0 spiro atoms. The number of hydrogen-bond donors (Lipinski definition) is 1. The first-order valence-corrected chi connectivity index (χ1v) is 7.12. The molecule has 0 aromatic carbocycles. The minimum Gasteiger partial charge on any atom is -0.339 e. The maximum atomic E-state index is 12.7. The van der Waals surface area contributed by atoms with E-state index < -0.39 is 0 Å². The summed E-state index contributed by atoms with van der Waals surface area (Å²) < 4.78 is 0. The van der Waals surface area contributed by atoms with Crippen LogP contribution in [0.15, 0.2) is 0 Å². The summed E-state index contributed by atoms with van der Waals surface area (Å²) in [4.78, 5) is 14.9. The van der Waals surface area contributed by atoms with Gasteiger partial charge in [0.2, 0.25) is 5.91 Å². The fourth-order valence-electron chi connectivity index (χ4n) is 3.36. The maximum absolute atomic E-state index is 12.7. The molecule has 3 nitrogen and oxygen atoms in total. The van der Waals surface area contributed by atoms with E-state index in [1.807, 2.05) is 0 Å². The summed E-state index contributed by atoms with van der Waals surface area (Å²) in [6.45, 7) is 5.19. The van der Waals surface area contributed by atoms with Gasteiger partial charge in [0.05, 0.1) is 5.41 Å². The van der Waals surface area contributed by atoms with Gasteiger partial charge in [-0.15, -0.1) is 0 Å². The number of nitrogens with zero attached hydrogens (tertiary/aromatic N) is 1. The van der Waals surface area contributed by atoms with E-state index in [1.54, 1.807) is 0 Å². The van der Waals surface area contributed by atoms with Crippen molar-refractivity contribution in [2.75, 3.05) is 6.54 Å². The molecule has 2 N–H and O–H groups in total. The molecule has 0 aromatic rings. The van der Waals surface area contributed by atoms with Crippen LogP contribution in [0.3, 0.4) is 0 Å². The Hall–Kier alpha value is -0.570. The van der Waals surface area contributed by atoms with Crippen molar-refractivity contribution in [3.8, 4) is 0 Å². The van der Waals surface area contributed by atoms with Crippen molar-refractivity contribution in [1.29, 1.82) is 0 Å². The molecule has 17 heavy (non-hydrogen) atoms. The quantitative estimate of drug-likeness (QED) is 0.762. The van der Waals surface area contributed by atoms with Crippen LogP contribution in [0.2, 0.25) is 0 Å². The summed E-state index contributed by atoms with van der Waals surface area (Å²) in [6.07, 6.45) is 7.90. The first kappa shape index (κ1) is 12.9. The van der Waals surface area contributed by atoms with Gasteiger partial charge in [-0.1, -0.05) is 19.3 Å². The lowest BCUT2D eigenvalue weighted by molar-refractivity contribution is -0.143. The Morgan fingerprint density at radius 2 is 2.00 bits per heavy atom. The highest BCUT2D eigenvalue weighted by atomic mass is 16.2. The number of carbonyl (C=O) groups is 1. The van der Waals surface area contributed by atoms with Crippen LogP contribution >= 0.6 is 0 Å². The van der Waals surface area contributed by atoms with Gasteiger partial charge in [-0.3, -0.25) is 4.79 Å². The van der Waals surface area contributed by atoms with E-state index in [0.717, 1.165) is 38.6 Å². The standard InChI is InChI=1S/C14H26N2O/c1-11-7-4-3-5-10-16(11)13(17)14(2)9-6-8-12(14)15/h11-12H,3-10,15H2,1-2H3. The molecule has 1 amide bonds.